The largest absolute Gasteiger partial charge is 0.494 e. The first kappa shape index (κ1) is 19.8. The maximum Gasteiger partial charge on any atom is 0.248 e. The van der Waals surface area contributed by atoms with Gasteiger partial charge in [-0.2, -0.15) is 8.42 Å². The van der Waals surface area contributed by atoms with Crippen molar-refractivity contribution in [1.82, 2.24) is 9.97 Å². The zero-order valence-corrected chi connectivity index (χ0v) is 16.5. The third-order valence-electron chi connectivity index (χ3n) is 3.80. The van der Waals surface area contributed by atoms with E-state index in [1.807, 2.05) is 29.8 Å². The second-order valence-corrected chi connectivity index (χ2v) is 7.55. The van der Waals surface area contributed by atoms with Crippen LogP contribution in [0, 0.1) is 0 Å². The molecule has 0 amide bonds. The molecular formula is C20H18N2O4S2. The molecule has 1 N–H and O–H groups in total. The second kappa shape index (κ2) is 9.82. The van der Waals surface area contributed by atoms with Crippen molar-refractivity contribution >= 4 is 48.1 Å². The zero-order chi connectivity index (χ0) is 19.8. The highest BCUT2D eigenvalue weighted by molar-refractivity contribution is 7.71. The summed E-state index contributed by atoms with van der Waals surface area (Å²) in [6.45, 7) is 0.447. The van der Waals surface area contributed by atoms with Crippen molar-refractivity contribution in [3.63, 3.8) is 0 Å². The molecule has 0 radical (unpaired) electrons. The van der Waals surface area contributed by atoms with E-state index in [2.05, 4.69) is 16.0 Å². The Morgan fingerprint density at radius 1 is 1.11 bits per heavy atom. The van der Waals surface area contributed by atoms with Gasteiger partial charge in [0.2, 0.25) is 15.9 Å². The molecule has 0 aliphatic carbocycles. The van der Waals surface area contributed by atoms with Crippen molar-refractivity contribution in [2.75, 3.05) is 6.61 Å². The van der Waals surface area contributed by atoms with E-state index in [4.69, 9.17) is 4.74 Å². The Morgan fingerprint density at radius 3 is 2.79 bits per heavy atom. The Balaban J connectivity index is 0.000000206. The molecule has 0 bridgehead atoms. The van der Waals surface area contributed by atoms with Crippen LogP contribution in [0.25, 0.3) is 21.1 Å². The van der Waals surface area contributed by atoms with Crippen molar-refractivity contribution in [2.45, 2.75) is 12.8 Å². The zero-order valence-electron chi connectivity index (χ0n) is 14.9. The number of para-hydroxylation sites is 1. The monoisotopic (exact) mass is 414 g/mol. The van der Waals surface area contributed by atoms with Gasteiger partial charge in [0.1, 0.15) is 5.75 Å². The van der Waals surface area contributed by atoms with Crippen LogP contribution in [-0.2, 0) is 10.3 Å². The predicted molar refractivity (Wildman–Crippen MR) is 114 cm³/mol. The lowest BCUT2D eigenvalue weighted by Gasteiger charge is -2.06. The number of nitrogens with zero attached hydrogens (tertiary/aromatic N) is 1. The number of fused-ring (bicyclic) bond motifs is 2. The van der Waals surface area contributed by atoms with Crippen LogP contribution in [-0.4, -0.2) is 30.4 Å². The lowest BCUT2D eigenvalue weighted by molar-refractivity contribution is 0.314. The Morgan fingerprint density at radius 2 is 1.96 bits per heavy atom. The third kappa shape index (κ3) is 5.77. The Labute approximate surface area is 167 Å². The molecule has 0 atom stereocenters. The van der Waals surface area contributed by atoms with E-state index >= 15 is 0 Å². The van der Waals surface area contributed by atoms with Gasteiger partial charge < -0.3 is 9.72 Å². The van der Waals surface area contributed by atoms with Crippen LogP contribution in [0.15, 0.2) is 64.9 Å². The molecule has 0 spiro atoms. The number of thiazole rings is 1. The second-order valence-electron chi connectivity index (χ2n) is 5.81. The number of ether oxygens (including phenoxy) is 1. The average molecular weight is 415 g/mol. The van der Waals surface area contributed by atoms with Crippen molar-refractivity contribution in [1.29, 1.82) is 0 Å². The molecule has 0 saturated carbocycles. The summed E-state index contributed by atoms with van der Waals surface area (Å²) in [4.78, 5) is 18.0. The molecule has 0 unspecified atom stereocenters. The predicted octanol–water partition coefficient (Wildman–Crippen LogP) is 3.66. The summed E-state index contributed by atoms with van der Waals surface area (Å²) in [6.07, 6.45) is 1.11. The number of hydrogen-bond acceptors (Lipinski definition) is 6. The lowest BCUT2D eigenvalue weighted by Crippen LogP contribution is -2.02. The minimum atomic E-state index is -2.10. The van der Waals surface area contributed by atoms with Crippen LogP contribution in [0.1, 0.15) is 12.8 Å². The van der Waals surface area contributed by atoms with Crippen molar-refractivity contribution in [3.8, 4) is 5.75 Å². The van der Waals surface area contributed by atoms with Crippen molar-refractivity contribution in [3.05, 3.63) is 70.5 Å². The van der Waals surface area contributed by atoms with Crippen LogP contribution < -0.4 is 10.3 Å². The summed E-state index contributed by atoms with van der Waals surface area (Å²) in [5.74, 6) is 0.697. The Hall–Kier alpha value is -2.97. The minimum Gasteiger partial charge on any atom is -0.494 e. The maximum atomic E-state index is 11.1. The average Bonchev–Trinajstić information content (AvgIpc) is 3.17. The first-order valence-corrected chi connectivity index (χ1v) is 10.6. The fourth-order valence-corrected chi connectivity index (χ4v) is 3.52. The molecule has 0 saturated heterocycles. The molecule has 0 fully saturated rings. The van der Waals surface area contributed by atoms with E-state index in [9.17, 15) is 13.2 Å². The first-order chi connectivity index (χ1) is 13.6. The van der Waals surface area contributed by atoms with E-state index in [1.165, 1.54) is 16.1 Å². The third-order valence-corrected chi connectivity index (χ3v) is 5.12. The van der Waals surface area contributed by atoms with Gasteiger partial charge in [0.15, 0.2) is 0 Å². The summed E-state index contributed by atoms with van der Waals surface area (Å²) in [5.41, 5.74) is 3.59. The molecular weight excluding hydrogens is 396 g/mol. The van der Waals surface area contributed by atoms with Crippen LogP contribution in [0.5, 0.6) is 5.75 Å². The van der Waals surface area contributed by atoms with E-state index < -0.39 is 10.3 Å². The smallest absolute Gasteiger partial charge is 0.248 e. The van der Waals surface area contributed by atoms with Gasteiger partial charge in [-0.05, 0) is 49.2 Å². The van der Waals surface area contributed by atoms with Gasteiger partial charge in [0, 0.05) is 22.3 Å². The molecule has 144 valence electrons. The Kier molecular flexibility index (Phi) is 6.94. The van der Waals surface area contributed by atoms with Gasteiger partial charge in [-0.15, -0.1) is 11.3 Å². The van der Waals surface area contributed by atoms with Gasteiger partial charge in [-0.25, -0.2) is 4.98 Å². The summed E-state index contributed by atoms with van der Waals surface area (Å²) < 4.78 is 27.3. The summed E-state index contributed by atoms with van der Waals surface area (Å²) in [5, 5.41) is 2.11. The van der Waals surface area contributed by atoms with Crippen molar-refractivity contribution in [2.24, 2.45) is 0 Å². The Bertz CT molecular complexity index is 1220. The summed E-state index contributed by atoms with van der Waals surface area (Å²) >= 11 is 1.68. The molecule has 8 heteroatoms. The van der Waals surface area contributed by atoms with E-state index in [0.717, 1.165) is 16.4 Å². The molecule has 2 aromatic heterocycles. The SMILES string of the molecule is O=c1ccc2cc(OCCCC=S(=O)=O)ccc2[nH]1.c1ccc2scnc2c1. The highest BCUT2D eigenvalue weighted by Gasteiger charge is 1.98. The van der Waals surface area contributed by atoms with E-state index in [0.29, 0.717) is 25.2 Å². The number of benzene rings is 2. The lowest BCUT2D eigenvalue weighted by atomic mass is 10.2. The number of nitrogens with one attached hydrogen (secondary N) is 1. The molecule has 0 aliphatic rings. The van der Waals surface area contributed by atoms with Gasteiger partial charge in [0.05, 0.1) is 22.3 Å². The fraction of sp³-hybridized carbons (Fsp3) is 0.150. The standard InChI is InChI=1S/C13H13NO4S.C7H5NS/c15-13-6-3-10-9-11(4-5-12(10)14-13)18-7-1-2-8-19(16)17;1-2-4-7-6(3-1)8-5-9-7/h3-6,8-9H,1-2,7H2,(H,14,15);1-5H. The molecule has 4 rings (SSSR count). The molecule has 28 heavy (non-hydrogen) atoms. The molecule has 4 aromatic rings. The van der Waals surface area contributed by atoms with Crippen molar-refractivity contribution < 1.29 is 13.2 Å². The van der Waals surface area contributed by atoms with Crippen LogP contribution in [0.4, 0.5) is 0 Å². The van der Waals surface area contributed by atoms with Crippen LogP contribution in [0.2, 0.25) is 0 Å². The van der Waals surface area contributed by atoms with Crippen LogP contribution in [0.3, 0.4) is 0 Å². The summed E-state index contributed by atoms with van der Waals surface area (Å²) in [6, 6.07) is 16.7. The number of hydrogen-bond donors (Lipinski definition) is 1. The maximum absolute atomic E-state index is 11.1. The number of pyridine rings is 1. The van der Waals surface area contributed by atoms with Gasteiger partial charge in [-0.1, -0.05) is 12.1 Å². The van der Waals surface area contributed by atoms with Crippen LogP contribution >= 0.6 is 11.3 Å². The number of H-pyrrole nitrogens is 1. The minimum absolute atomic E-state index is 0.137. The topological polar surface area (TPSA) is 89.1 Å². The number of unbranched alkanes of at least 4 members (excludes halogenated alkanes) is 1. The molecule has 6 nitrogen and oxygen atoms in total. The normalized spacial score (nSPS) is 10.3. The molecule has 2 heterocycles. The number of aromatic amines is 1. The highest BCUT2D eigenvalue weighted by atomic mass is 32.2. The number of aromatic nitrogens is 2. The first-order valence-electron chi connectivity index (χ1n) is 8.57. The molecule has 0 aliphatic heterocycles. The molecule has 2 aromatic carbocycles. The fourth-order valence-electron chi connectivity index (χ4n) is 2.48. The van der Waals surface area contributed by atoms with Gasteiger partial charge in [-0.3, -0.25) is 4.79 Å². The van der Waals surface area contributed by atoms with E-state index in [1.54, 1.807) is 29.5 Å². The summed E-state index contributed by atoms with van der Waals surface area (Å²) in [7, 11) is -2.10. The van der Waals surface area contributed by atoms with Gasteiger partial charge in [0.25, 0.3) is 0 Å². The number of rotatable bonds is 5. The highest BCUT2D eigenvalue weighted by Crippen LogP contribution is 2.18. The van der Waals surface area contributed by atoms with Gasteiger partial charge >= 0.3 is 0 Å². The van der Waals surface area contributed by atoms with E-state index in [-0.39, 0.29) is 5.56 Å². The quantitative estimate of drug-likeness (QED) is 0.398.